The molecule has 2 aromatic carbocycles. The zero-order valence-electron chi connectivity index (χ0n) is 16.9. The van der Waals surface area contributed by atoms with E-state index in [-0.39, 0.29) is 5.91 Å². The lowest BCUT2D eigenvalue weighted by Gasteiger charge is -2.07. The summed E-state index contributed by atoms with van der Waals surface area (Å²) in [7, 11) is 0. The number of fused-ring (bicyclic) bond motifs is 1. The summed E-state index contributed by atoms with van der Waals surface area (Å²) in [6, 6.07) is 19.6. The molecule has 0 aliphatic heterocycles. The largest absolute Gasteiger partial charge is 0.346 e. The minimum atomic E-state index is -0.0975. The SMILES string of the molecule is Cc1ccnn1-c1ccc(C(=O)NCc2nn(-c3ccccc3)c3c2CCC3)cc1. The van der Waals surface area contributed by atoms with Crippen LogP contribution in [0.5, 0.6) is 0 Å². The number of carbonyl (C=O) groups excluding carboxylic acids is 1. The van der Waals surface area contributed by atoms with Crippen molar-refractivity contribution in [1.29, 1.82) is 0 Å². The van der Waals surface area contributed by atoms with Crippen molar-refractivity contribution < 1.29 is 4.79 Å². The van der Waals surface area contributed by atoms with E-state index in [2.05, 4.69) is 22.5 Å². The summed E-state index contributed by atoms with van der Waals surface area (Å²) in [6.07, 6.45) is 4.95. The number of aromatic nitrogens is 4. The molecule has 2 aromatic heterocycles. The molecule has 1 amide bonds. The van der Waals surface area contributed by atoms with Gasteiger partial charge in [0.05, 0.1) is 23.6 Å². The van der Waals surface area contributed by atoms with E-state index >= 15 is 0 Å². The van der Waals surface area contributed by atoms with Gasteiger partial charge in [0.1, 0.15) is 0 Å². The molecule has 0 bridgehead atoms. The standard InChI is InChI=1S/C24H23N5O/c1-17-14-15-26-28(17)20-12-10-18(11-13-20)24(30)25-16-22-21-8-5-9-23(21)29(27-22)19-6-3-2-4-7-19/h2-4,6-7,10-15H,5,8-9,16H2,1H3,(H,25,30). The maximum absolute atomic E-state index is 12.7. The lowest BCUT2D eigenvalue weighted by molar-refractivity contribution is 0.0950. The summed E-state index contributed by atoms with van der Waals surface area (Å²) >= 11 is 0. The monoisotopic (exact) mass is 397 g/mol. The Morgan fingerprint density at radius 2 is 1.73 bits per heavy atom. The molecule has 1 aliphatic carbocycles. The highest BCUT2D eigenvalue weighted by atomic mass is 16.1. The molecule has 0 fully saturated rings. The van der Waals surface area contributed by atoms with Gasteiger partial charge in [-0.15, -0.1) is 0 Å². The van der Waals surface area contributed by atoms with Crippen molar-refractivity contribution in [3.05, 3.63) is 95.1 Å². The van der Waals surface area contributed by atoms with Crippen LogP contribution in [-0.4, -0.2) is 25.5 Å². The molecule has 5 rings (SSSR count). The Bertz CT molecular complexity index is 1190. The molecule has 0 spiro atoms. The average Bonchev–Trinajstić information content (AvgIpc) is 3.50. The molecule has 4 aromatic rings. The van der Waals surface area contributed by atoms with Gasteiger partial charge < -0.3 is 5.32 Å². The quantitative estimate of drug-likeness (QED) is 0.557. The van der Waals surface area contributed by atoms with Gasteiger partial charge in [0.15, 0.2) is 0 Å². The first kappa shape index (κ1) is 18.4. The van der Waals surface area contributed by atoms with Crippen molar-refractivity contribution >= 4 is 5.91 Å². The highest BCUT2D eigenvalue weighted by Crippen LogP contribution is 2.27. The summed E-state index contributed by atoms with van der Waals surface area (Å²) in [4.78, 5) is 12.7. The van der Waals surface area contributed by atoms with E-state index in [0.29, 0.717) is 12.1 Å². The van der Waals surface area contributed by atoms with Crippen LogP contribution < -0.4 is 5.32 Å². The fourth-order valence-electron chi connectivity index (χ4n) is 4.10. The molecule has 150 valence electrons. The van der Waals surface area contributed by atoms with Crippen LogP contribution in [0, 0.1) is 6.92 Å². The van der Waals surface area contributed by atoms with Crippen molar-refractivity contribution in [2.45, 2.75) is 32.7 Å². The van der Waals surface area contributed by atoms with E-state index < -0.39 is 0 Å². The van der Waals surface area contributed by atoms with Crippen LogP contribution in [0.4, 0.5) is 0 Å². The van der Waals surface area contributed by atoms with Crippen molar-refractivity contribution in [3.63, 3.8) is 0 Å². The van der Waals surface area contributed by atoms with Crippen LogP contribution in [-0.2, 0) is 19.4 Å². The van der Waals surface area contributed by atoms with Gasteiger partial charge in [-0.05, 0) is 74.2 Å². The third-order valence-corrected chi connectivity index (χ3v) is 5.64. The highest BCUT2D eigenvalue weighted by Gasteiger charge is 2.23. The zero-order chi connectivity index (χ0) is 20.5. The number of rotatable bonds is 5. The van der Waals surface area contributed by atoms with E-state index in [1.807, 2.05) is 64.8 Å². The maximum Gasteiger partial charge on any atom is 0.251 e. The first-order valence-electron chi connectivity index (χ1n) is 10.2. The molecule has 6 nitrogen and oxygen atoms in total. The summed E-state index contributed by atoms with van der Waals surface area (Å²) < 4.78 is 3.88. The first-order chi connectivity index (χ1) is 14.7. The Morgan fingerprint density at radius 3 is 2.47 bits per heavy atom. The molecule has 0 atom stereocenters. The zero-order valence-corrected chi connectivity index (χ0v) is 16.9. The molecule has 0 unspecified atom stereocenters. The van der Waals surface area contributed by atoms with E-state index in [1.54, 1.807) is 6.20 Å². The van der Waals surface area contributed by atoms with Crippen molar-refractivity contribution in [3.8, 4) is 11.4 Å². The minimum Gasteiger partial charge on any atom is -0.346 e. The Morgan fingerprint density at radius 1 is 0.967 bits per heavy atom. The van der Waals surface area contributed by atoms with Crippen LogP contribution >= 0.6 is 0 Å². The van der Waals surface area contributed by atoms with Crippen LogP contribution in [0.15, 0.2) is 66.9 Å². The normalized spacial score (nSPS) is 12.7. The number of para-hydroxylation sites is 1. The molecule has 0 radical (unpaired) electrons. The Labute approximate surface area is 175 Å². The summed E-state index contributed by atoms with van der Waals surface area (Å²) in [6.45, 7) is 2.43. The predicted octanol–water partition coefficient (Wildman–Crippen LogP) is 3.79. The molecular formula is C24H23N5O. The van der Waals surface area contributed by atoms with Crippen molar-refractivity contribution in [2.24, 2.45) is 0 Å². The Kier molecular flexibility index (Phi) is 4.67. The van der Waals surface area contributed by atoms with Gasteiger partial charge in [-0.1, -0.05) is 18.2 Å². The Hall–Kier alpha value is -3.67. The van der Waals surface area contributed by atoms with Crippen LogP contribution in [0.25, 0.3) is 11.4 Å². The first-order valence-corrected chi connectivity index (χ1v) is 10.2. The highest BCUT2D eigenvalue weighted by molar-refractivity contribution is 5.94. The van der Waals surface area contributed by atoms with E-state index in [0.717, 1.165) is 42.0 Å². The summed E-state index contributed by atoms with van der Waals surface area (Å²) in [5.74, 6) is -0.0975. The fraction of sp³-hybridized carbons (Fsp3) is 0.208. The second-order valence-electron chi connectivity index (χ2n) is 7.59. The molecule has 1 N–H and O–H groups in total. The van der Waals surface area contributed by atoms with Crippen LogP contribution in [0.1, 0.15) is 39.4 Å². The van der Waals surface area contributed by atoms with Gasteiger partial charge in [0.25, 0.3) is 5.91 Å². The van der Waals surface area contributed by atoms with E-state index in [4.69, 9.17) is 5.10 Å². The van der Waals surface area contributed by atoms with E-state index in [1.165, 1.54) is 11.3 Å². The molecule has 6 heteroatoms. The van der Waals surface area contributed by atoms with Gasteiger partial charge in [-0.2, -0.15) is 10.2 Å². The van der Waals surface area contributed by atoms with Crippen molar-refractivity contribution in [2.75, 3.05) is 0 Å². The van der Waals surface area contributed by atoms with Gasteiger partial charge in [0.2, 0.25) is 0 Å². The Balaban J connectivity index is 1.32. The van der Waals surface area contributed by atoms with Gasteiger partial charge in [-0.25, -0.2) is 9.36 Å². The number of nitrogens with zero attached hydrogens (tertiary/aromatic N) is 4. The third-order valence-electron chi connectivity index (χ3n) is 5.64. The van der Waals surface area contributed by atoms with Crippen LogP contribution in [0.3, 0.4) is 0 Å². The average molecular weight is 397 g/mol. The second-order valence-corrected chi connectivity index (χ2v) is 7.59. The van der Waals surface area contributed by atoms with Gasteiger partial charge in [0, 0.05) is 23.1 Å². The maximum atomic E-state index is 12.7. The number of benzene rings is 2. The number of carbonyl (C=O) groups is 1. The van der Waals surface area contributed by atoms with Gasteiger partial charge in [-0.3, -0.25) is 4.79 Å². The number of nitrogens with one attached hydrogen (secondary N) is 1. The molecule has 2 heterocycles. The number of amides is 1. The number of hydrogen-bond donors (Lipinski definition) is 1. The van der Waals surface area contributed by atoms with E-state index in [9.17, 15) is 4.79 Å². The molecule has 30 heavy (non-hydrogen) atoms. The van der Waals surface area contributed by atoms with Gasteiger partial charge >= 0.3 is 0 Å². The van der Waals surface area contributed by atoms with Crippen LogP contribution in [0.2, 0.25) is 0 Å². The smallest absolute Gasteiger partial charge is 0.251 e. The molecule has 0 saturated heterocycles. The summed E-state index contributed by atoms with van der Waals surface area (Å²) in [5.41, 5.74) is 7.19. The topological polar surface area (TPSA) is 64.7 Å². The molecule has 0 saturated carbocycles. The molecule has 1 aliphatic rings. The second kappa shape index (κ2) is 7.63. The number of aryl methyl sites for hydroxylation is 1. The summed E-state index contributed by atoms with van der Waals surface area (Å²) in [5, 5.41) is 12.2. The third kappa shape index (κ3) is 3.30. The minimum absolute atomic E-state index is 0.0975. The number of hydrogen-bond acceptors (Lipinski definition) is 3. The lowest BCUT2D eigenvalue weighted by atomic mass is 10.1. The lowest BCUT2D eigenvalue weighted by Crippen LogP contribution is -2.23. The predicted molar refractivity (Wildman–Crippen MR) is 115 cm³/mol. The fourth-order valence-corrected chi connectivity index (χ4v) is 4.10. The molecular weight excluding hydrogens is 374 g/mol. The van der Waals surface area contributed by atoms with Crippen molar-refractivity contribution in [1.82, 2.24) is 24.9 Å².